The summed E-state index contributed by atoms with van der Waals surface area (Å²) in [4.78, 5) is 28.4. The number of amides is 1. The Kier molecular flexibility index (Phi) is 5.77. The lowest BCUT2D eigenvalue weighted by molar-refractivity contribution is -0.138. The molecular weight excluding hydrogens is 340 g/mol. The van der Waals surface area contributed by atoms with Gasteiger partial charge < -0.3 is 14.5 Å². The quantitative estimate of drug-likeness (QED) is 0.692. The van der Waals surface area contributed by atoms with E-state index in [1.165, 1.54) is 12.8 Å². The average molecular weight is 370 g/mol. The van der Waals surface area contributed by atoms with E-state index in [1.54, 1.807) is 0 Å². The predicted molar refractivity (Wildman–Crippen MR) is 105 cm³/mol. The molecule has 0 radical (unpaired) electrons. The van der Waals surface area contributed by atoms with Gasteiger partial charge in [0.05, 0.1) is 6.10 Å². The molecule has 0 spiro atoms. The van der Waals surface area contributed by atoms with Crippen LogP contribution in [0.15, 0.2) is 24.3 Å². The molecule has 1 aromatic rings. The molecule has 2 heterocycles. The Morgan fingerprint density at radius 2 is 1.81 bits per heavy atom. The van der Waals surface area contributed by atoms with Crippen molar-refractivity contribution in [2.45, 2.75) is 44.6 Å². The van der Waals surface area contributed by atoms with Crippen LogP contribution in [0.2, 0.25) is 0 Å². The Labute approximate surface area is 161 Å². The second-order valence-electron chi connectivity index (χ2n) is 8.29. The van der Waals surface area contributed by atoms with Crippen LogP contribution in [-0.4, -0.2) is 56.0 Å². The minimum absolute atomic E-state index is 0.135. The minimum atomic E-state index is 0.135. The Balaban J connectivity index is 1.33. The van der Waals surface area contributed by atoms with Crippen LogP contribution in [0.3, 0.4) is 0 Å². The SMILES string of the molecule is O=Cc1ccc(N2CCC(C(=O)N(CC3CC3)C[C@H]3CCCO3)CC2)cc1. The van der Waals surface area contributed by atoms with Crippen LogP contribution in [0.1, 0.15) is 48.9 Å². The molecule has 1 amide bonds. The lowest BCUT2D eigenvalue weighted by atomic mass is 9.94. The molecule has 27 heavy (non-hydrogen) atoms. The molecule has 4 rings (SSSR count). The molecule has 3 fully saturated rings. The van der Waals surface area contributed by atoms with Crippen LogP contribution in [0, 0.1) is 11.8 Å². The van der Waals surface area contributed by atoms with Crippen molar-refractivity contribution in [2.24, 2.45) is 11.8 Å². The van der Waals surface area contributed by atoms with Crippen LogP contribution in [0.25, 0.3) is 0 Å². The van der Waals surface area contributed by atoms with Gasteiger partial charge in [0, 0.05) is 50.0 Å². The highest BCUT2D eigenvalue weighted by atomic mass is 16.5. The van der Waals surface area contributed by atoms with Crippen molar-refractivity contribution in [1.82, 2.24) is 4.90 Å². The van der Waals surface area contributed by atoms with E-state index in [2.05, 4.69) is 9.80 Å². The number of hydrogen-bond donors (Lipinski definition) is 0. The molecule has 1 saturated carbocycles. The van der Waals surface area contributed by atoms with E-state index in [0.717, 1.165) is 70.4 Å². The molecule has 1 aliphatic carbocycles. The molecule has 1 aromatic carbocycles. The van der Waals surface area contributed by atoms with E-state index in [1.807, 2.05) is 24.3 Å². The second kappa shape index (κ2) is 8.42. The van der Waals surface area contributed by atoms with Gasteiger partial charge in [0.1, 0.15) is 6.29 Å². The summed E-state index contributed by atoms with van der Waals surface area (Å²) >= 11 is 0. The standard InChI is InChI=1S/C22H30N2O3/c25-16-18-5-7-20(8-6-18)23-11-9-19(10-12-23)22(26)24(14-17-3-4-17)15-21-2-1-13-27-21/h5-8,16-17,19,21H,1-4,9-15H2/t21-/m1/s1. The van der Waals surface area contributed by atoms with Gasteiger partial charge in [-0.1, -0.05) is 0 Å². The maximum absolute atomic E-state index is 13.2. The van der Waals surface area contributed by atoms with Crippen LogP contribution >= 0.6 is 0 Å². The van der Waals surface area contributed by atoms with E-state index in [0.29, 0.717) is 17.4 Å². The monoisotopic (exact) mass is 370 g/mol. The third-order valence-electron chi connectivity index (χ3n) is 6.17. The highest BCUT2D eigenvalue weighted by Gasteiger charge is 2.34. The fourth-order valence-electron chi connectivity index (χ4n) is 4.31. The van der Waals surface area contributed by atoms with E-state index in [-0.39, 0.29) is 12.0 Å². The highest BCUT2D eigenvalue weighted by Crippen LogP contribution is 2.32. The number of carbonyl (C=O) groups excluding carboxylic acids is 2. The lowest BCUT2D eigenvalue weighted by Crippen LogP contribution is -2.45. The summed E-state index contributed by atoms with van der Waals surface area (Å²) in [6.45, 7) is 4.34. The Morgan fingerprint density at radius 3 is 2.41 bits per heavy atom. The molecule has 146 valence electrons. The fraction of sp³-hybridized carbons (Fsp3) is 0.636. The van der Waals surface area contributed by atoms with Gasteiger partial charge in [-0.2, -0.15) is 0 Å². The normalized spacial score (nSPS) is 23.4. The molecular formula is C22H30N2O3. The highest BCUT2D eigenvalue weighted by molar-refractivity contribution is 5.79. The summed E-state index contributed by atoms with van der Waals surface area (Å²) in [6.07, 6.45) is 7.67. The number of benzene rings is 1. The van der Waals surface area contributed by atoms with Crippen LogP contribution in [0.4, 0.5) is 5.69 Å². The van der Waals surface area contributed by atoms with Gasteiger partial charge in [0.2, 0.25) is 5.91 Å². The third-order valence-corrected chi connectivity index (χ3v) is 6.17. The van der Waals surface area contributed by atoms with Crippen molar-refractivity contribution >= 4 is 17.9 Å². The van der Waals surface area contributed by atoms with Gasteiger partial charge in [-0.25, -0.2) is 0 Å². The topological polar surface area (TPSA) is 49.9 Å². The second-order valence-corrected chi connectivity index (χ2v) is 8.29. The smallest absolute Gasteiger partial charge is 0.225 e. The fourth-order valence-corrected chi connectivity index (χ4v) is 4.31. The van der Waals surface area contributed by atoms with E-state index in [4.69, 9.17) is 4.74 Å². The average Bonchev–Trinajstić information content (AvgIpc) is 3.39. The number of hydrogen-bond acceptors (Lipinski definition) is 4. The summed E-state index contributed by atoms with van der Waals surface area (Å²) < 4.78 is 5.79. The largest absolute Gasteiger partial charge is 0.376 e. The first-order valence-corrected chi connectivity index (χ1v) is 10.4. The van der Waals surface area contributed by atoms with Crippen molar-refractivity contribution in [2.75, 3.05) is 37.7 Å². The zero-order valence-corrected chi connectivity index (χ0v) is 16.0. The molecule has 3 aliphatic rings. The zero-order valence-electron chi connectivity index (χ0n) is 16.0. The number of rotatable bonds is 7. The summed E-state index contributed by atoms with van der Waals surface area (Å²) in [5.74, 6) is 1.19. The zero-order chi connectivity index (χ0) is 18.6. The van der Waals surface area contributed by atoms with Crippen molar-refractivity contribution in [1.29, 1.82) is 0 Å². The number of anilines is 1. The Morgan fingerprint density at radius 1 is 1.07 bits per heavy atom. The number of piperidine rings is 1. The number of ether oxygens (including phenoxy) is 1. The molecule has 0 unspecified atom stereocenters. The Hall–Kier alpha value is -1.88. The maximum atomic E-state index is 13.2. The van der Waals surface area contributed by atoms with Crippen molar-refractivity contribution in [3.8, 4) is 0 Å². The van der Waals surface area contributed by atoms with Gasteiger partial charge in [0.25, 0.3) is 0 Å². The third kappa shape index (κ3) is 4.70. The lowest BCUT2D eigenvalue weighted by Gasteiger charge is -2.36. The van der Waals surface area contributed by atoms with Crippen LogP contribution < -0.4 is 4.90 Å². The van der Waals surface area contributed by atoms with Gasteiger partial charge in [-0.15, -0.1) is 0 Å². The van der Waals surface area contributed by atoms with Crippen LogP contribution in [0.5, 0.6) is 0 Å². The first kappa shape index (κ1) is 18.5. The Bertz CT molecular complexity index is 642. The molecule has 5 heteroatoms. The minimum Gasteiger partial charge on any atom is -0.376 e. The summed E-state index contributed by atoms with van der Waals surface area (Å²) in [5, 5.41) is 0. The number of carbonyl (C=O) groups is 2. The molecule has 0 bridgehead atoms. The first-order chi connectivity index (χ1) is 13.2. The van der Waals surface area contributed by atoms with Gasteiger partial charge in [-0.05, 0) is 68.7 Å². The number of aldehydes is 1. The predicted octanol–water partition coefficient (Wildman–Crippen LogP) is 3.13. The maximum Gasteiger partial charge on any atom is 0.225 e. The summed E-state index contributed by atoms with van der Waals surface area (Å²) in [5.41, 5.74) is 1.84. The van der Waals surface area contributed by atoms with Gasteiger partial charge in [0.15, 0.2) is 0 Å². The molecule has 5 nitrogen and oxygen atoms in total. The van der Waals surface area contributed by atoms with Crippen LogP contribution in [-0.2, 0) is 9.53 Å². The summed E-state index contributed by atoms with van der Waals surface area (Å²) in [7, 11) is 0. The molecule has 1 atom stereocenters. The van der Waals surface area contributed by atoms with Crippen molar-refractivity contribution in [3.63, 3.8) is 0 Å². The molecule has 2 aliphatic heterocycles. The van der Waals surface area contributed by atoms with E-state index < -0.39 is 0 Å². The molecule has 0 aromatic heterocycles. The molecule has 0 N–H and O–H groups in total. The molecule has 2 saturated heterocycles. The number of nitrogens with zero attached hydrogens (tertiary/aromatic N) is 2. The van der Waals surface area contributed by atoms with Crippen molar-refractivity contribution < 1.29 is 14.3 Å². The van der Waals surface area contributed by atoms with Crippen molar-refractivity contribution in [3.05, 3.63) is 29.8 Å². The van der Waals surface area contributed by atoms with E-state index in [9.17, 15) is 9.59 Å². The summed E-state index contributed by atoms with van der Waals surface area (Å²) in [6, 6.07) is 7.72. The van der Waals surface area contributed by atoms with E-state index >= 15 is 0 Å². The van der Waals surface area contributed by atoms with Gasteiger partial charge in [-0.3, -0.25) is 9.59 Å². The van der Waals surface area contributed by atoms with Gasteiger partial charge >= 0.3 is 0 Å². The first-order valence-electron chi connectivity index (χ1n) is 10.4.